The van der Waals surface area contributed by atoms with Crippen LogP contribution in [0.25, 0.3) is 10.9 Å². The number of rotatable bonds is 3. The van der Waals surface area contributed by atoms with Crippen LogP contribution < -0.4 is 20.3 Å². The highest BCUT2D eigenvalue weighted by molar-refractivity contribution is 5.95. The number of hydrogen-bond donors (Lipinski definition) is 1. The van der Waals surface area contributed by atoms with Crippen LogP contribution in [0.2, 0.25) is 0 Å². The van der Waals surface area contributed by atoms with E-state index >= 15 is 0 Å². The second kappa shape index (κ2) is 6.75. The summed E-state index contributed by atoms with van der Waals surface area (Å²) in [6.45, 7) is 0. The number of aromatic nitrogens is 2. The van der Waals surface area contributed by atoms with Gasteiger partial charge in [-0.3, -0.25) is 14.2 Å². The minimum absolute atomic E-state index is 0.219. The number of amides is 1. The van der Waals surface area contributed by atoms with Gasteiger partial charge in [-0.05, 0) is 30.5 Å². The number of nitrogens with zero attached hydrogens (tertiary/aromatic N) is 2. The zero-order chi connectivity index (χ0) is 19.0. The van der Waals surface area contributed by atoms with Crippen molar-refractivity contribution >= 4 is 22.5 Å². The molecule has 0 saturated heterocycles. The van der Waals surface area contributed by atoms with Gasteiger partial charge in [-0.2, -0.15) is 0 Å². The van der Waals surface area contributed by atoms with Crippen LogP contribution in [0.1, 0.15) is 18.0 Å². The third-order valence-electron chi connectivity index (χ3n) is 4.89. The molecule has 0 saturated carbocycles. The van der Waals surface area contributed by atoms with Crippen molar-refractivity contribution in [3.8, 4) is 11.5 Å². The van der Waals surface area contributed by atoms with Crippen LogP contribution in [-0.2, 0) is 11.2 Å². The van der Waals surface area contributed by atoms with E-state index in [1.165, 1.54) is 25.1 Å². The lowest BCUT2D eigenvalue weighted by molar-refractivity contribution is -0.119. The van der Waals surface area contributed by atoms with Gasteiger partial charge in [0, 0.05) is 11.8 Å². The van der Waals surface area contributed by atoms with Crippen LogP contribution in [0.5, 0.6) is 11.5 Å². The molecule has 0 unspecified atom stereocenters. The van der Waals surface area contributed by atoms with E-state index < -0.39 is 6.04 Å². The fourth-order valence-corrected chi connectivity index (χ4v) is 3.45. The molecular weight excluding hydrogens is 346 g/mol. The molecule has 27 heavy (non-hydrogen) atoms. The maximum absolute atomic E-state index is 13.1. The molecule has 1 amide bonds. The van der Waals surface area contributed by atoms with Gasteiger partial charge in [0.25, 0.3) is 5.56 Å². The van der Waals surface area contributed by atoms with Crippen molar-refractivity contribution in [1.29, 1.82) is 0 Å². The van der Waals surface area contributed by atoms with Gasteiger partial charge in [0.2, 0.25) is 5.91 Å². The zero-order valence-electron chi connectivity index (χ0n) is 15.1. The van der Waals surface area contributed by atoms with Crippen molar-refractivity contribution in [3.05, 3.63) is 58.6 Å². The van der Waals surface area contributed by atoms with Crippen LogP contribution in [0.3, 0.4) is 0 Å². The van der Waals surface area contributed by atoms with Gasteiger partial charge in [0.05, 0.1) is 31.4 Å². The smallest absolute Gasteiger partial charge is 0.262 e. The number of nitrogens with one attached hydrogen (secondary N) is 1. The Morgan fingerprint density at radius 3 is 2.63 bits per heavy atom. The summed E-state index contributed by atoms with van der Waals surface area (Å²) in [5.74, 6) is 0.723. The highest BCUT2D eigenvalue weighted by Crippen LogP contribution is 2.31. The van der Waals surface area contributed by atoms with Crippen LogP contribution in [-0.4, -0.2) is 29.7 Å². The van der Waals surface area contributed by atoms with Crippen LogP contribution in [0, 0.1) is 0 Å². The SMILES string of the molecule is COc1cc2ncn([C@@H]3CCc4ccccc4NC3=O)c(=O)c2cc1OC. The van der Waals surface area contributed by atoms with Crippen molar-refractivity contribution in [3.63, 3.8) is 0 Å². The normalized spacial score (nSPS) is 16.4. The summed E-state index contributed by atoms with van der Waals surface area (Å²) in [5, 5.41) is 3.30. The largest absolute Gasteiger partial charge is 0.493 e. The fraction of sp³-hybridized carbons (Fsp3) is 0.250. The molecule has 0 bridgehead atoms. The number of fused-ring (bicyclic) bond motifs is 2. The number of hydrogen-bond acceptors (Lipinski definition) is 5. The molecule has 0 fully saturated rings. The summed E-state index contributed by atoms with van der Waals surface area (Å²) < 4.78 is 11.9. The lowest BCUT2D eigenvalue weighted by Crippen LogP contribution is -2.33. The Hall–Kier alpha value is -3.35. The number of anilines is 1. The number of benzene rings is 2. The molecule has 7 nitrogen and oxygen atoms in total. The molecule has 4 rings (SSSR count). The molecule has 3 aromatic rings. The van der Waals surface area contributed by atoms with E-state index in [0.29, 0.717) is 35.2 Å². The zero-order valence-corrected chi connectivity index (χ0v) is 15.1. The number of ether oxygens (including phenoxy) is 2. The predicted molar refractivity (Wildman–Crippen MR) is 102 cm³/mol. The molecule has 7 heteroatoms. The summed E-state index contributed by atoms with van der Waals surface area (Å²) >= 11 is 0. The number of methoxy groups -OCH3 is 2. The molecule has 138 valence electrons. The monoisotopic (exact) mass is 365 g/mol. The van der Waals surface area contributed by atoms with Crippen molar-refractivity contribution in [2.75, 3.05) is 19.5 Å². The van der Waals surface area contributed by atoms with Crippen LogP contribution in [0.4, 0.5) is 5.69 Å². The first-order chi connectivity index (χ1) is 13.1. The van der Waals surface area contributed by atoms with E-state index in [0.717, 1.165) is 11.3 Å². The molecule has 1 atom stereocenters. The fourth-order valence-electron chi connectivity index (χ4n) is 3.45. The van der Waals surface area contributed by atoms with Crippen molar-refractivity contribution in [2.45, 2.75) is 18.9 Å². The molecular formula is C20H19N3O4. The highest BCUT2D eigenvalue weighted by Gasteiger charge is 2.26. The highest BCUT2D eigenvalue weighted by atomic mass is 16.5. The number of aryl methyl sites for hydroxylation is 1. The van der Waals surface area contributed by atoms with Crippen molar-refractivity contribution < 1.29 is 14.3 Å². The Balaban J connectivity index is 1.79. The van der Waals surface area contributed by atoms with Gasteiger partial charge in [-0.1, -0.05) is 18.2 Å². The first-order valence-electron chi connectivity index (χ1n) is 8.64. The van der Waals surface area contributed by atoms with Crippen molar-refractivity contribution in [2.24, 2.45) is 0 Å². The second-order valence-corrected chi connectivity index (χ2v) is 6.38. The maximum atomic E-state index is 13.1. The molecule has 0 aliphatic carbocycles. The summed E-state index contributed by atoms with van der Waals surface area (Å²) in [6.07, 6.45) is 2.63. The molecule has 1 aromatic heterocycles. The van der Waals surface area contributed by atoms with Crippen LogP contribution >= 0.6 is 0 Å². The van der Waals surface area contributed by atoms with Crippen LogP contribution in [0.15, 0.2) is 47.5 Å². The van der Waals surface area contributed by atoms with Gasteiger partial charge < -0.3 is 14.8 Å². The summed E-state index contributed by atoms with van der Waals surface area (Å²) in [5.41, 5.74) is 2.05. The van der Waals surface area contributed by atoms with E-state index in [2.05, 4.69) is 10.3 Å². The van der Waals surface area contributed by atoms with E-state index in [1.807, 2.05) is 24.3 Å². The van der Waals surface area contributed by atoms with E-state index in [9.17, 15) is 9.59 Å². The Bertz CT molecular complexity index is 1090. The average molecular weight is 365 g/mol. The first kappa shape index (κ1) is 17.1. The number of carbonyl (C=O) groups is 1. The Kier molecular flexibility index (Phi) is 4.27. The van der Waals surface area contributed by atoms with Crippen molar-refractivity contribution in [1.82, 2.24) is 9.55 Å². The predicted octanol–water partition coefficient (Wildman–Crippen LogP) is 2.54. The minimum Gasteiger partial charge on any atom is -0.493 e. The second-order valence-electron chi connectivity index (χ2n) is 6.38. The molecule has 1 N–H and O–H groups in total. The van der Waals surface area contributed by atoms with E-state index in [-0.39, 0.29) is 11.5 Å². The lowest BCUT2D eigenvalue weighted by Gasteiger charge is -2.17. The molecule has 0 spiro atoms. The average Bonchev–Trinajstić information content (AvgIpc) is 2.86. The topological polar surface area (TPSA) is 82.5 Å². The summed E-state index contributed by atoms with van der Waals surface area (Å²) in [4.78, 5) is 30.2. The maximum Gasteiger partial charge on any atom is 0.262 e. The van der Waals surface area contributed by atoms with Gasteiger partial charge in [-0.25, -0.2) is 4.98 Å². The standard InChI is InChI=1S/C20H19N3O4/c1-26-17-9-13-15(10-18(17)27-2)21-11-23(20(13)25)16-8-7-12-5-3-4-6-14(12)22-19(16)24/h3-6,9-11,16H,7-8H2,1-2H3,(H,22,24)/t16-/m1/s1. The molecule has 0 radical (unpaired) electrons. The summed E-state index contributed by atoms with van der Waals surface area (Å²) in [7, 11) is 3.03. The molecule has 2 aromatic carbocycles. The van der Waals surface area contributed by atoms with E-state index in [4.69, 9.17) is 9.47 Å². The minimum atomic E-state index is -0.630. The van der Waals surface area contributed by atoms with Gasteiger partial charge >= 0.3 is 0 Å². The Labute approximate surface area is 155 Å². The quantitative estimate of drug-likeness (QED) is 0.771. The Morgan fingerprint density at radius 2 is 1.85 bits per heavy atom. The molecule has 1 aliphatic heterocycles. The first-order valence-corrected chi connectivity index (χ1v) is 8.64. The molecule has 1 aliphatic rings. The molecule has 2 heterocycles. The Morgan fingerprint density at radius 1 is 1.11 bits per heavy atom. The number of para-hydroxylation sites is 1. The van der Waals surface area contributed by atoms with E-state index in [1.54, 1.807) is 12.1 Å². The summed E-state index contributed by atoms with van der Waals surface area (Å²) in [6, 6.07) is 10.3. The number of carbonyl (C=O) groups excluding carboxylic acids is 1. The van der Waals surface area contributed by atoms with Gasteiger partial charge in [0.15, 0.2) is 11.5 Å². The van der Waals surface area contributed by atoms with Gasteiger partial charge in [0.1, 0.15) is 6.04 Å². The lowest BCUT2D eigenvalue weighted by atomic mass is 10.1. The third kappa shape index (κ3) is 2.91. The third-order valence-corrected chi connectivity index (χ3v) is 4.89. The van der Waals surface area contributed by atoms with Gasteiger partial charge in [-0.15, -0.1) is 0 Å².